The van der Waals surface area contributed by atoms with E-state index in [4.69, 9.17) is 4.74 Å². The lowest BCUT2D eigenvalue weighted by Crippen LogP contribution is -2.51. The average molecular weight is 359 g/mol. The number of hydrogen-bond donors (Lipinski definition) is 2. The van der Waals surface area contributed by atoms with Crippen molar-refractivity contribution >= 4 is 11.8 Å². The lowest BCUT2D eigenvalue weighted by Gasteiger charge is -2.39. The van der Waals surface area contributed by atoms with Crippen molar-refractivity contribution < 1.29 is 9.53 Å². The number of anilines is 1. The maximum atomic E-state index is 12.1. The third-order valence-corrected chi connectivity index (χ3v) is 5.61. The Balaban J connectivity index is 1.51. The lowest BCUT2D eigenvalue weighted by atomic mass is 9.80. The van der Waals surface area contributed by atoms with Crippen LogP contribution in [0.25, 0.3) is 0 Å². The Morgan fingerprint density at radius 2 is 1.77 bits per heavy atom. The van der Waals surface area contributed by atoms with Crippen molar-refractivity contribution in [3.05, 3.63) is 29.3 Å². The van der Waals surface area contributed by atoms with Crippen LogP contribution in [0.15, 0.2) is 18.2 Å². The number of carbonyl (C=O) groups excluding carboxylic acids is 1. The average Bonchev–Trinajstić information content (AvgIpc) is 2.55. The largest absolute Gasteiger partial charge is 0.444 e. The van der Waals surface area contributed by atoms with Crippen LogP contribution in [-0.2, 0) is 17.6 Å². The van der Waals surface area contributed by atoms with Crippen LogP contribution < -0.4 is 10.6 Å². The normalized spacial score (nSPS) is 25.9. The standard InChI is InChI=1S/C22H34N2O2/c1-21(2,3)26-20(25)24-22(4)13-11-18(12-14-22)23-19-10-9-16-7-5-6-8-17(16)15-19/h9-10,15,18,23H,5-8,11-14H2,1-4H3,(H,24,25). The predicted octanol–water partition coefficient (Wildman–Crippen LogP) is 5.20. The number of carbonyl (C=O) groups is 1. The van der Waals surface area contributed by atoms with Crippen LogP contribution in [0.2, 0.25) is 0 Å². The van der Waals surface area contributed by atoms with Crippen molar-refractivity contribution in [3.8, 4) is 0 Å². The second-order valence-electron chi connectivity index (χ2n) is 9.30. The molecule has 1 aromatic carbocycles. The Bertz CT molecular complexity index is 640. The van der Waals surface area contributed by atoms with Crippen molar-refractivity contribution in [3.63, 3.8) is 0 Å². The van der Waals surface area contributed by atoms with E-state index in [2.05, 4.69) is 35.8 Å². The summed E-state index contributed by atoms with van der Waals surface area (Å²) >= 11 is 0. The van der Waals surface area contributed by atoms with E-state index < -0.39 is 5.60 Å². The van der Waals surface area contributed by atoms with Gasteiger partial charge in [-0.25, -0.2) is 4.79 Å². The molecule has 1 saturated carbocycles. The molecule has 0 spiro atoms. The minimum absolute atomic E-state index is 0.170. The van der Waals surface area contributed by atoms with E-state index in [0.717, 1.165) is 25.7 Å². The molecule has 1 fully saturated rings. The summed E-state index contributed by atoms with van der Waals surface area (Å²) in [6.45, 7) is 7.82. The molecule has 0 aromatic heterocycles. The van der Waals surface area contributed by atoms with Crippen LogP contribution in [-0.4, -0.2) is 23.3 Å². The highest BCUT2D eigenvalue weighted by Crippen LogP contribution is 2.31. The van der Waals surface area contributed by atoms with Crippen LogP contribution in [0.4, 0.5) is 10.5 Å². The fourth-order valence-corrected chi connectivity index (χ4v) is 4.13. The summed E-state index contributed by atoms with van der Waals surface area (Å²) in [5.74, 6) is 0. The van der Waals surface area contributed by atoms with Gasteiger partial charge in [-0.2, -0.15) is 0 Å². The molecule has 0 bridgehead atoms. The number of aryl methyl sites for hydroxylation is 2. The first-order valence-corrected chi connectivity index (χ1v) is 10.1. The molecule has 0 atom stereocenters. The summed E-state index contributed by atoms with van der Waals surface area (Å²) < 4.78 is 5.42. The van der Waals surface area contributed by atoms with E-state index in [1.807, 2.05) is 20.8 Å². The van der Waals surface area contributed by atoms with Crippen molar-refractivity contribution in [1.82, 2.24) is 5.32 Å². The second kappa shape index (κ2) is 7.50. The zero-order chi connectivity index (χ0) is 18.8. The number of ether oxygens (including phenoxy) is 1. The van der Waals surface area contributed by atoms with Gasteiger partial charge in [0, 0.05) is 17.3 Å². The smallest absolute Gasteiger partial charge is 0.408 e. The number of fused-ring (bicyclic) bond motifs is 1. The van der Waals surface area contributed by atoms with Crippen molar-refractivity contribution in [2.45, 2.75) is 96.2 Å². The number of benzene rings is 1. The minimum Gasteiger partial charge on any atom is -0.444 e. The molecule has 3 rings (SSSR count). The van der Waals surface area contributed by atoms with Gasteiger partial charge in [-0.1, -0.05) is 6.07 Å². The van der Waals surface area contributed by atoms with Gasteiger partial charge in [0.1, 0.15) is 5.60 Å². The fourth-order valence-electron chi connectivity index (χ4n) is 4.13. The Kier molecular flexibility index (Phi) is 5.50. The van der Waals surface area contributed by atoms with E-state index in [1.165, 1.54) is 42.5 Å². The minimum atomic E-state index is -0.453. The van der Waals surface area contributed by atoms with Gasteiger partial charge in [0.25, 0.3) is 0 Å². The summed E-state index contributed by atoms with van der Waals surface area (Å²) in [5, 5.41) is 6.80. The second-order valence-corrected chi connectivity index (χ2v) is 9.30. The number of amides is 1. The van der Waals surface area contributed by atoms with Gasteiger partial charge in [0.2, 0.25) is 0 Å². The van der Waals surface area contributed by atoms with Crippen LogP contribution in [0, 0.1) is 0 Å². The lowest BCUT2D eigenvalue weighted by molar-refractivity contribution is 0.0436. The van der Waals surface area contributed by atoms with Gasteiger partial charge < -0.3 is 15.4 Å². The molecule has 4 heteroatoms. The van der Waals surface area contributed by atoms with Gasteiger partial charge in [-0.3, -0.25) is 0 Å². The molecule has 0 heterocycles. The molecule has 0 aliphatic heterocycles. The van der Waals surface area contributed by atoms with Crippen LogP contribution >= 0.6 is 0 Å². The fraction of sp³-hybridized carbons (Fsp3) is 0.682. The molecule has 4 nitrogen and oxygen atoms in total. The molecule has 2 aliphatic rings. The molecule has 26 heavy (non-hydrogen) atoms. The Hall–Kier alpha value is -1.71. The van der Waals surface area contributed by atoms with E-state index in [0.29, 0.717) is 6.04 Å². The third-order valence-electron chi connectivity index (χ3n) is 5.61. The quantitative estimate of drug-likeness (QED) is 0.780. The number of nitrogens with one attached hydrogen (secondary N) is 2. The van der Waals surface area contributed by atoms with E-state index in [1.54, 1.807) is 0 Å². The third kappa shape index (κ3) is 5.15. The van der Waals surface area contributed by atoms with Gasteiger partial charge in [0.05, 0.1) is 0 Å². The maximum absolute atomic E-state index is 12.1. The van der Waals surface area contributed by atoms with Gasteiger partial charge in [-0.15, -0.1) is 0 Å². The van der Waals surface area contributed by atoms with Gasteiger partial charge in [-0.05, 0) is 102 Å². The topological polar surface area (TPSA) is 50.4 Å². The molecule has 144 valence electrons. The molecule has 2 aliphatic carbocycles. The molecular weight excluding hydrogens is 324 g/mol. The Labute approximate surface area is 158 Å². The van der Waals surface area contributed by atoms with E-state index >= 15 is 0 Å². The number of hydrogen-bond acceptors (Lipinski definition) is 3. The summed E-state index contributed by atoms with van der Waals surface area (Å²) in [5.41, 5.74) is 3.68. The number of rotatable bonds is 3. The highest BCUT2D eigenvalue weighted by molar-refractivity contribution is 5.68. The van der Waals surface area contributed by atoms with Crippen molar-refractivity contribution in [1.29, 1.82) is 0 Å². The molecule has 2 N–H and O–H groups in total. The highest BCUT2D eigenvalue weighted by Gasteiger charge is 2.33. The van der Waals surface area contributed by atoms with Gasteiger partial charge in [0.15, 0.2) is 0 Å². The zero-order valence-electron chi connectivity index (χ0n) is 16.8. The first-order valence-electron chi connectivity index (χ1n) is 10.1. The SMILES string of the molecule is CC1(NC(=O)OC(C)(C)C)CCC(Nc2ccc3c(c2)CCCC3)CC1. The summed E-state index contributed by atoms with van der Waals surface area (Å²) in [6, 6.07) is 7.36. The summed E-state index contributed by atoms with van der Waals surface area (Å²) in [6.07, 6.45) is 8.83. The van der Waals surface area contributed by atoms with E-state index in [-0.39, 0.29) is 11.6 Å². The van der Waals surface area contributed by atoms with Crippen molar-refractivity contribution in [2.75, 3.05) is 5.32 Å². The zero-order valence-corrected chi connectivity index (χ0v) is 16.8. The van der Waals surface area contributed by atoms with Crippen molar-refractivity contribution in [2.24, 2.45) is 0 Å². The highest BCUT2D eigenvalue weighted by atomic mass is 16.6. The van der Waals surface area contributed by atoms with Crippen LogP contribution in [0.3, 0.4) is 0 Å². The molecule has 0 radical (unpaired) electrons. The monoisotopic (exact) mass is 358 g/mol. The van der Waals surface area contributed by atoms with E-state index in [9.17, 15) is 4.79 Å². The first kappa shape index (κ1) is 19.1. The van der Waals surface area contributed by atoms with Gasteiger partial charge >= 0.3 is 6.09 Å². The van der Waals surface area contributed by atoms with Crippen LogP contribution in [0.1, 0.15) is 77.3 Å². The maximum Gasteiger partial charge on any atom is 0.408 e. The molecule has 1 aromatic rings. The molecule has 1 amide bonds. The number of alkyl carbamates (subject to hydrolysis) is 1. The summed E-state index contributed by atoms with van der Waals surface area (Å²) in [4.78, 5) is 12.1. The molecule has 0 saturated heterocycles. The molecular formula is C22H34N2O2. The molecule has 0 unspecified atom stereocenters. The predicted molar refractivity (Wildman–Crippen MR) is 107 cm³/mol. The van der Waals surface area contributed by atoms with Crippen LogP contribution in [0.5, 0.6) is 0 Å². The Morgan fingerprint density at radius 3 is 2.42 bits per heavy atom. The first-order chi connectivity index (χ1) is 12.2. The summed E-state index contributed by atoms with van der Waals surface area (Å²) in [7, 11) is 0. The Morgan fingerprint density at radius 1 is 1.12 bits per heavy atom.